The Labute approximate surface area is 107 Å². The zero-order valence-electron chi connectivity index (χ0n) is 10.1. The summed E-state index contributed by atoms with van der Waals surface area (Å²) in [7, 11) is 0. The van der Waals surface area contributed by atoms with Crippen LogP contribution in [0.25, 0.3) is 0 Å². The molecule has 3 N–H and O–H groups in total. The highest BCUT2D eigenvalue weighted by Gasteiger charge is 2.37. The molecular weight excluding hydrogens is 234 g/mol. The average molecular weight is 251 g/mol. The van der Waals surface area contributed by atoms with E-state index in [1.807, 2.05) is 12.1 Å². The number of nitrogens with two attached hydrogens (primary N) is 1. The van der Waals surface area contributed by atoms with E-state index in [2.05, 4.69) is 24.1 Å². The van der Waals surface area contributed by atoms with Gasteiger partial charge in [0.15, 0.2) is 0 Å². The van der Waals surface area contributed by atoms with Crippen LogP contribution in [0.15, 0.2) is 18.3 Å². The highest BCUT2D eigenvalue weighted by molar-refractivity contribution is 7.80. The molecule has 0 saturated carbocycles. The smallest absolute Gasteiger partial charge is 0.127 e. The molecule has 1 aliphatic rings. The SMILES string of the molecule is CC1OCCC1(C)Nc1cc(C(N)=S)ccn1. The summed E-state index contributed by atoms with van der Waals surface area (Å²) < 4.78 is 5.58. The number of ether oxygens (including phenoxy) is 1. The molecule has 1 aliphatic heterocycles. The van der Waals surface area contributed by atoms with Crippen LogP contribution in [0.1, 0.15) is 25.8 Å². The van der Waals surface area contributed by atoms with Gasteiger partial charge in [0.2, 0.25) is 0 Å². The number of pyridine rings is 1. The number of hydrogen-bond acceptors (Lipinski definition) is 4. The Bertz CT molecular complexity index is 438. The fourth-order valence-electron chi connectivity index (χ4n) is 1.94. The normalized spacial score (nSPS) is 28.0. The highest BCUT2D eigenvalue weighted by Crippen LogP contribution is 2.28. The number of nitrogens with one attached hydrogen (secondary N) is 1. The summed E-state index contributed by atoms with van der Waals surface area (Å²) in [5.41, 5.74) is 6.35. The van der Waals surface area contributed by atoms with Gasteiger partial charge in [0, 0.05) is 18.4 Å². The average Bonchev–Trinajstić information content (AvgIpc) is 2.59. The first-order valence-electron chi connectivity index (χ1n) is 5.67. The van der Waals surface area contributed by atoms with Crippen LogP contribution in [-0.2, 0) is 4.74 Å². The van der Waals surface area contributed by atoms with Crippen LogP contribution < -0.4 is 11.1 Å². The molecule has 0 spiro atoms. The number of thiocarbonyl (C=S) groups is 1. The molecule has 2 rings (SSSR count). The molecule has 0 aromatic carbocycles. The van der Waals surface area contributed by atoms with E-state index >= 15 is 0 Å². The van der Waals surface area contributed by atoms with E-state index in [1.54, 1.807) is 6.20 Å². The van der Waals surface area contributed by atoms with Crippen molar-refractivity contribution in [1.29, 1.82) is 0 Å². The molecule has 0 aliphatic carbocycles. The summed E-state index contributed by atoms with van der Waals surface area (Å²) in [6.45, 7) is 4.98. The first-order chi connectivity index (χ1) is 8.01. The van der Waals surface area contributed by atoms with E-state index in [9.17, 15) is 0 Å². The molecule has 1 aromatic heterocycles. The first kappa shape index (κ1) is 12.3. The van der Waals surface area contributed by atoms with Crippen LogP contribution in [0.5, 0.6) is 0 Å². The van der Waals surface area contributed by atoms with Crippen molar-refractivity contribution in [3.8, 4) is 0 Å². The van der Waals surface area contributed by atoms with Crippen molar-refractivity contribution >= 4 is 23.0 Å². The van der Waals surface area contributed by atoms with Crippen LogP contribution in [0.4, 0.5) is 5.82 Å². The number of aromatic nitrogens is 1. The van der Waals surface area contributed by atoms with Gasteiger partial charge in [0.1, 0.15) is 10.8 Å². The first-order valence-corrected chi connectivity index (χ1v) is 6.08. The fraction of sp³-hybridized carbons (Fsp3) is 0.500. The molecule has 2 atom stereocenters. The predicted molar refractivity (Wildman–Crippen MR) is 72.2 cm³/mol. The van der Waals surface area contributed by atoms with Crippen LogP contribution in [-0.4, -0.2) is 28.2 Å². The molecule has 0 amide bonds. The Balaban J connectivity index is 2.18. The maximum Gasteiger partial charge on any atom is 0.127 e. The van der Waals surface area contributed by atoms with Crippen molar-refractivity contribution in [2.45, 2.75) is 31.9 Å². The molecular formula is C12H17N3OS. The molecule has 1 fully saturated rings. The van der Waals surface area contributed by atoms with E-state index in [1.165, 1.54) is 0 Å². The van der Waals surface area contributed by atoms with Crippen molar-refractivity contribution in [2.75, 3.05) is 11.9 Å². The van der Waals surface area contributed by atoms with Crippen molar-refractivity contribution in [2.24, 2.45) is 5.73 Å². The Hall–Kier alpha value is -1.20. The maximum atomic E-state index is 5.60. The van der Waals surface area contributed by atoms with Crippen molar-refractivity contribution < 1.29 is 4.74 Å². The maximum absolute atomic E-state index is 5.60. The quantitative estimate of drug-likeness (QED) is 0.801. The zero-order valence-corrected chi connectivity index (χ0v) is 10.9. The molecule has 5 heteroatoms. The summed E-state index contributed by atoms with van der Waals surface area (Å²) in [5, 5.41) is 3.41. The molecule has 1 aromatic rings. The Kier molecular flexibility index (Phi) is 3.31. The molecule has 1 saturated heterocycles. The molecule has 2 heterocycles. The lowest BCUT2D eigenvalue weighted by Gasteiger charge is -2.29. The van der Waals surface area contributed by atoms with Gasteiger partial charge in [0.05, 0.1) is 11.6 Å². The minimum absolute atomic E-state index is 0.0815. The Morgan fingerprint density at radius 1 is 1.71 bits per heavy atom. The zero-order chi connectivity index (χ0) is 12.5. The van der Waals surface area contributed by atoms with Gasteiger partial charge in [-0.05, 0) is 32.4 Å². The third-order valence-electron chi connectivity index (χ3n) is 3.34. The fourth-order valence-corrected chi connectivity index (χ4v) is 2.07. The Morgan fingerprint density at radius 3 is 3.06 bits per heavy atom. The molecule has 0 bridgehead atoms. The summed E-state index contributed by atoms with van der Waals surface area (Å²) in [6, 6.07) is 3.68. The van der Waals surface area contributed by atoms with Gasteiger partial charge in [-0.3, -0.25) is 0 Å². The van der Waals surface area contributed by atoms with E-state index in [-0.39, 0.29) is 11.6 Å². The van der Waals surface area contributed by atoms with Gasteiger partial charge >= 0.3 is 0 Å². The van der Waals surface area contributed by atoms with Gasteiger partial charge in [-0.25, -0.2) is 4.98 Å². The second kappa shape index (κ2) is 4.58. The van der Waals surface area contributed by atoms with Gasteiger partial charge < -0.3 is 15.8 Å². The molecule has 4 nitrogen and oxygen atoms in total. The van der Waals surface area contributed by atoms with Crippen molar-refractivity contribution in [1.82, 2.24) is 4.98 Å². The molecule has 92 valence electrons. The van der Waals surface area contributed by atoms with Crippen molar-refractivity contribution in [3.63, 3.8) is 0 Å². The van der Waals surface area contributed by atoms with Gasteiger partial charge in [-0.2, -0.15) is 0 Å². The minimum Gasteiger partial charge on any atom is -0.389 e. The van der Waals surface area contributed by atoms with Crippen molar-refractivity contribution in [3.05, 3.63) is 23.9 Å². The molecule has 17 heavy (non-hydrogen) atoms. The minimum atomic E-state index is -0.0815. The van der Waals surface area contributed by atoms with Crippen LogP contribution in [0, 0.1) is 0 Å². The summed E-state index contributed by atoms with van der Waals surface area (Å²) in [5.74, 6) is 0.787. The number of rotatable bonds is 3. The molecule has 2 unspecified atom stereocenters. The largest absolute Gasteiger partial charge is 0.389 e. The topological polar surface area (TPSA) is 60.2 Å². The highest BCUT2D eigenvalue weighted by atomic mass is 32.1. The summed E-state index contributed by atoms with van der Waals surface area (Å²) >= 11 is 4.95. The van der Waals surface area contributed by atoms with Crippen LogP contribution >= 0.6 is 12.2 Å². The lowest BCUT2D eigenvalue weighted by molar-refractivity contribution is 0.105. The standard InChI is InChI=1S/C12H17N3OS/c1-8-12(2,4-6-16-8)15-10-7-9(11(13)17)3-5-14-10/h3,5,7-8H,4,6H2,1-2H3,(H2,13,17)(H,14,15). The van der Waals surface area contributed by atoms with E-state index < -0.39 is 0 Å². The van der Waals surface area contributed by atoms with Crippen LogP contribution in [0.3, 0.4) is 0 Å². The lowest BCUT2D eigenvalue weighted by Crippen LogP contribution is -2.41. The lowest BCUT2D eigenvalue weighted by atomic mass is 9.94. The molecule has 0 radical (unpaired) electrons. The van der Waals surface area contributed by atoms with E-state index in [0.29, 0.717) is 4.99 Å². The predicted octanol–water partition coefficient (Wildman–Crippen LogP) is 1.70. The third kappa shape index (κ3) is 2.56. The Morgan fingerprint density at radius 2 is 2.47 bits per heavy atom. The number of hydrogen-bond donors (Lipinski definition) is 2. The second-order valence-electron chi connectivity index (χ2n) is 4.60. The monoisotopic (exact) mass is 251 g/mol. The van der Waals surface area contributed by atoms with Gasteiger partial charge in [-0.15, -0.1) is 0 Å². The number of nitrogens with zero attached hydrogens (tertiary/aromatic N) is 1. The van der Waals surface area contributed by atoms with Crippen LogP contribution in [0.2, 0.25) is 0 Å². The van der Waals surface area contributed by atoms with E-state index in [0.717, 1.165) is 24.4 Å². The third-order valence-corrected chi connectivity index (χ3v) is 3.58. The van der Waals surface area contributed by atoms with E-state index in [4.69, 9.17) is 22.7 Å². The summed E-state index contributed by atoms with van der Waals surface area (Å²) in [6.07, 6.45) is 2.84. The second-order valence-corrected chi connectivity index (χ2v) is 5.04. The van der Waals surface area contributed by atoms with Gasteiger partial charge in [-0.1, -0.05) is 12.2 Å². The van der Waals surface area contributed by atoms with Gasteiger partial charge in [0.25, 0.3) is 0 Å². The summed E-state index contributed by atoms with van der Waals surface area (Å²) in [4.78, 5) is 4.67. The number of anilines is 1.